The minimum Gasteiger partial charge on any atom is -0.489 e. The van der Waals surface area contributed by atoms with Gasteiger partial charge in [0.15, 0.2) is 11.5 Å². The summed E-state index contributed by atoms with van der Waals surface area (Å²) in [5.74, 6) is 1.88. The second-order valence-electron chi connectivity index (χ2n) is 8.44. The van der Waals surface area contributed by atoms with Gasteiger partial charge in [-0.15, -0.1) is 0 Å². The van der Waals surface area contributed by atoms with Crippen molar-refractivity contribution in [2.75, 3.05) is 52.9 Å². The van der Waals surface area contributed by atoms with Crippen LogP contribution >= 0.6 is 15.2 Å². The maximum absolute atomic E-state index is 13.3. The molecule has 0 heterocycles. The highest BCUT2D eigenvalue weighted by atomic mass is 31.2. The summed E-state index contributed by atoms with van der Waals surface area (Å²) in [6, 6.07) is 21.2. The highest BCUT2D eigenvalue weighted by Gasteiger charge is 2.31. The third-order valence-corrected chi connectivity index (χ3v) is 9.87. The summed E-state index contributed by atoms with van der Waals surface area (Å²) in [6.45, 7) is 8.78. The highest BCUT2D eigenvalue weighted by molar-refractivity contribution is 7.62. The fraction of sp³-hybridized carbons (Fsp3) is 0.400. The predicted molar refractivity (Wildman–Crippen MR) is 162 cm³/mol. The normalized spacial score (nSPS) is 11.7. The molecule has 0 atom stereocenters. The number of para-hydroxylation sites is 4. The van der Waals surface area contributed by atoms with E-state index < -0.39 is 15.2 Å². The zero-order chi connectivity index (χ0) is 30.3. The van der Waals surface area contributed by atoms with Gasteiger partial charge in [0, 0.05) is 0 Å². The fourth-order valence-electron chi connectivity index (χ4n) is 3.94. The average molecular weight is 623 g/mol. The molecule has 0 aliphatic carbocycles. The van der Waals surface area contributed by atoms with Crippen LogP contribution in [0, 0.1) is 0 Å². The van der Waals surface area contributed by atoms with E-state index in [-0.39, 0.29) is 52.9 Å². The molecule has 0 fully saturated rings. The van der Waals surface area contributed by atoms with E-state index in [1.165, 1.54) is 0 Å². The van der Waals surface area contributed by atoms with E-state index in [2.05, 4.69) is 0 Å². The molecule has 0 amide bonds. The summed E-state index contributed by atoms with van der Waals surface area (Å²) in [4.78, 5) is 0. The molecular formula is C30H40O10P2. The first kappa shape index (κ1) is 33.7. The molecule has 230 valence electrons. The minimum atomic E-state index is -3.51. The molecule has 3 rings (SSSR count). The summed E-state index contributed by atoms with van der Waals surface area (Å²) in [6.07, 6.45) is 0. The molecule has 0 aromatic heterocycles. The summed E-state index contributed by atoms with van der Waals surface area (Å²) in [5, 5.41) is 0.746. The quantitative estimate of drug-likeness (QED) is 0.104. The number of hydrogen-bond donors (Lipinski definition) is 0. The average Bonchev–Trinajstić information content (AvgIpc) is 2.99. The van der Waals surface area contributed by atoms with Gasteiger partial charge in [0.2, 0.25) is 0 Å². The molecule has 0 aliphatic heterocycles. The molecule has 12 heteroatoms. The zero-order valence-electron chi connectivity index (χ0n) is 24.6. The molecule has 3 aromatic rings. The van der Waals surface area contributed by atoms with E-state index in [1.807, 2.05) is 12.1 Å². The predicted octanol–water partition coefficient (Wildman–Crippen LogP) is 6.39. The van der Waals surface area contributed by atoms with Crippen molar-refractivity contribution in [3.05, 3.63) is 72.8 Å². The zero-order valence-corrected chi connectivity index (χ0v) is 26.4. The molecule has 0 saturated carbocycles. The van der Waals surface area contributed by atoms with Gasteiger partial charge in [-0.2, -0.15) is 0 Å². The van der Waals surface area contributed by atoms with E-state index in [0.29, 0.717) is 33.6 Å². The van der Waals surface area contributed by atoms with Gasteiger partial charge in [-0.1, -0.05) is 36.4 Å². The van der Waals surface area contributed by atoms with Gasteiger partial charge >= 0.3 is 15.2 Å². The van der Waals surface area contributed by atoms with Crippen LogP contribution in [0.4, 0.5) is 0 Å². The van der Waals surface area contributed by atoms with Gasteiger partial charge in [0.25, 0.3) is 0 Å². The van der Waals surface area contributed by atoms with Gasteiger partial charge in [0.1, 0.15) is 48.5 Å². The van der Waals surface area contributed by atoms with Gasteiger partial charge in [0.05, 0.1) is 26.4 Å². The Morgan fingerprint density at radius 1 is 0.429 bits per heavy atom. The Labute approximate surface area is 248 Å². The molecule has 10 nitrogen and oxygen atoms in total. The van der Waals surface area contributed by atoms with Crippen LogP contribution in [0.2, 0.25) is 0 Å². The first-order chi connectivity index (χ1) is 20.4. The highest BCUT2D eigenvalue weighted by Crippen LogP contribution is 2.50. The minimum absolute atomic E-state index is 0.184. The molecule has 0 saturated heterocycles. The van der Waals surface area contributed by atoms with E-state index >= 15 is 0 Å². The Morgan fingerprint density at radius 2 is 0.690 bits per heavy atom. The van der Waals surface area contributed by atoms with Gasteiger partial charge < -0.3 is 37.0 Å². The second kappa shape index (κ2) is 17.3. The summed E-state index contributed by atoms with van der Waals surface area (Å²) in [5.41, 5.74) is 0. The number of ether oxygens (including phenoxy) is 4. The van der Waals surface area contributed by atoms with Crippen molar-refractivity contribution >= 4 is 25.8 Å². The van der Waals surface area contributed by atoms with Crippen LogP contribution in [-0.2, 0) is 27.2 Å². The molecule has 0 bridgehead atoms. The standard InChI is InChI=1S/C30H40O10P2/c1-5-37-41(31,38-6-2)29-19-13-11-17-27(29)35-23-21-33-25-15-9-10-16-26(25)34-22-24-36-28-18-12-14-20-30(28)42(32,39-7-3)40-8-4/h9-20H,5-8,21-24H2,1-4H3. The molecule has 0 N–H and O–H groups in total. The van der Waals surface area contributed by atoms with Crippen LogP contribution in [0.15, 0.2) is 72.8 Å². The summed E-state index contributed by atoms with van der Waals surface area (Å²) in [7, 11) is -7.02. The molecule has 0 unspecified atom stereocenters. The lowest BCUT2D eigenvalue weighted by Crippen LogP contribution is -2.18. The van der Waals surface area contributed by atoms with Crippen molar-refractivity contribution in [2.24, 2.45) is 0 Å². The Balaban J connectivity index is 1.56. The Hall–Kier alpha value is -2.84. The Kier molecular flexibility index (Phi) is 13.9. The maximum atomic E-state index is 13.3. The van der Waals surface area contributed by atoms with Crippen LogP contribution in [0.25, 0.3) is 0 Å². The molecule has 42 heavy (non-hydrogen) atoms. The van der Waals surface area contributed by atoms with Crippen molar-refractivity contribution in [1.29, 1.82) is 0 Å². The Bertz CT molecular complexity index is 1210. The van der Waals surface area contributed by atoms with Crippen molar-refractivity contribution in [3.63, 3.8) is 0 Å². The molecule has 0 aliphatic rings. The molecule has 3 aromatic carbocycles. The second-order valence-corrected chi connectivity index (χ2v) is 12.4. The lowest BCUT2D eigenvalue weighted by Gasteiger charge is -2.20. The monoisotopic (exact) mass is 622 g/mol. The first-order valence-corrected chi connectivity index (χ1v) is 17.1. The molecule has 0 radical (unpaired) electrons. The van der Waals surface area contributed by atoms with E-state index in [0.717, 1.165) is 0 Å². The molecule has 0 spiro atoms. The first-order valence-electron chi connectivity index (χ1n) is 14.0. The van der Waals surface area contributed by atoms with E-state index in [4.69, 9.17) is 37.0 Å². The van der Waals surface area contributed by atoms with Crippen molar-refractivity contribution in [3.8, 4) is 23.0 Å². The third kappa shape index (κ3) is 9.33. The summed E-state index contributed by atoms with van der Waals surface area (Å²) >= 11 is 0. The van der Waals surface area contributed by atoms with E-state index in [9.17, 15) is 9.13 Å². The van der Waals surface area contributed by atoms with Gasteiger partial charge in [-0.3, -0.25) is 9.13 Å². The van der Waals surface area contributed by atoms with Crippen molar-refractivity contribution in [1.82, 2.24) is 0 Å². The smallest absolute Gasteiger partial charge is 0.365 e. The van der Waals surface area contributed by atoms with Crippen LogP contribution < -0.4 is 29.6 Å². The third-order valence-electron chi connectivity index (χ3n) is 5.56. The van der Waals surface area contributed by atoms with Crippen LogP contribution in [0.5, 0.6) is 23.0 Å². The van der Waals surface area contributed by atoms with Crippen LogP contribution in [0.1, 0.15) is 27.7 Å². The fourth-order valence-corrected chi connectivity index (χ4v) is 7.36. The van der Waals surface area contributed by atoms with Crippen LogP contribution in [-0.4, -0.2) is 52.9 Å². The lowest BCUT2D eigenvalue weighted by atomic mass is 10.3. The lowest BCUT2D eigenvalue weighted by molar-refractivity contribution is 0.191. The topological polar surface area (TPSA) is 108 Å². The Morgan fingerprint density at radius 3 is 1.00 bits per heavy atom. The maximum Gasteiger partial charge on any atom is 0.365 e. The van der Waals surface area contributed by atoms with Crippen molar-refractivity contribution in [2.45, 2.75) is 27.7 Å². The number of benzene rings is 3. The SMILES string of the molecule is CCOP(=O)(OCC)c1ccccc1OCCOc1ccccc1OCCOc1ccccc1P(=O)(OCC)OCC. The van der Waals surface area contributed by atoms with Gasteiger partial charge in [-0.05, 0) is 64.1 Å². The summed E-state index contributed by atoms with van der Waals surface area (Å²) < 4.78 is 72.1. The largest absolute Gasteiger partial charge is 0.489 e. The van der Waals surface area contributed by atoms with E-state index in [1.54, 1.807) is 88.4 Å². The van der Waals surface area contributed by atoms with Crippen molar-refractivity contribution < 1.29 is 46.2 Å². The molecular weight excluding hydrogens is 582 g/mol. The number of rotatable bonds is 20. The van der Waals surface area contributed by atoms with Crippen LogP contribution in [0.3, 0.4) is 0 Å². The van der Waals surface area contributed by atoms with Gasteiger partial charge in [-0.25, -0.2) is 0 Å². The number of hydrogen-bond acceptors (Lipinski definition) is 10.